The van der Waals surface area contributed by atoms with Crippen LogP contribution in [0.2, 0.25) is 0 Å². The Bertz CT molecular complexity index is 866. The lowest BCUT2D eigenvalue weighted by atomic mass is 10.0. The fraction of sp³-hybridized carbons (Fsp3) is 0.471. The molecule has 9 nitrogen and oxygen atoms in total. The fourth-order valence-electron chi connectivity index (χ4n) is 2.54. The van der Waals surface area contributed by atoms with Crippen LogP contribution < -0.4 is 10.6 Å². The van der Waals surface area contributed by atoms with Gasteiger partial charge in [-0.2, -0.15) is 0 Å². The molecule has 0 fully saturated rings. The number of hydrogen-bond acceptors (Lipinski definition) is 7. The van der Waals surface area contributed by atoms with Gasteiger partial charge < -0.3 is 15.4 Å². The zero-order valence-corrected chi connectivity index (χ0v) is 17.8. The van der Waals surface area contributed by atoms with Crippen LogP contribution >= 0.6 is 11.8 Å². The molecule has 1 aliphatic rings. The summed E-state index contributed by atoms with van der Waals surface area (Å²) in [5.41, 5.74) is 0.856. The number of thioether (sulfide) groups is 1. The second-order valence-electron chi connectivity index (χ2n) is 6.08. The molecule has 1 atom stereocenters. The number of sulfonamides is 1. The maximum absolute atomic E-state index is 12.3. The van der Waals surface area contributed by atoms with E-state index in [4.69, 9.17) is 4.74 Å². The summed E-state index contributed by atoms with van der Waals surface area (Å²) in [6.07, 6.45) is 1.83. The van der Waals surface area contributed by atoms with Gasteiger partial charge in [0.2, 0.25) is 10.0 Å². The molecule has 0 bridgehead atoms. The summed E-state index contributed by atoms with van der Waals surface area (Å²) in [7, 11) is -0.648. The zero-order valence-electron chi connectivity index (χ0n) is 16.2. The lowest BCUT2D eigenvalue weighted by molar-refractivity contribution is -0.139. The molecular formula is C17H24N4O5S2. The molecule has 11 heteroatoms. The summed E-state index contributed by atoms with van der Waals surface area (Å²) < 4.78 is 30.4. The molecule has 154 valence electrons. The number of nitrogens with one attached hydrogen (secondary N) is 2. The van der Waals surface area contributed by atoms with Crippen LogP contribution in [0.25, 0.3) is 0 Å². The summed E-state index contributed by atoms with van der Waals surface area (Å²) >= 11 is 1.28. The second-order valence-corrected chi connectivity index (χ2v) is 9.23. The van der Waals surface area contributed by atoms with Gasteiger partial charge in [-0.3, -0.25) is 0 Å². The highest BCUT2D eigenvalue weighted by Gasteiger charge is 2.31. The summed E-state index contributed by atoms with van der Waals surface area (Å²) in [6, 6.07) is 2.26. The van der Waals surface area contributed by atoms with Crippen molar-refractivity contribution in [3.63, 3.8) is 0 Å². The Morgan fingerprint density at radius 3 is 2.57 bits per heavy atom. The Hall–Kier alpha value is -2.11. The topological polar surface area (TPSA) is 118 Å². The van der Waals surface area contributed by atoms with E-state index in [2.05, 4.69) is 15.6 Å². The van der Waals surface area contributed by atoms with Gasteiger partial charge in [-0.05, 0) is 25.5 Å². The van der Waals surface area contributed by atoms with Gasteiger partial charge in [-0.15, -0.1) is 11.8 Å². The van der Waals surface area contributed by atoms with Gasteiger partial charge in [0, 0.05) is 31.7 Å². The van der Waals surface area contributed by atoms with Crippen LogP contribution in [0.15, 0.2) is 39.5 Å². The average Bonchev–Trinajstić information content (AvgIpc) is 2.66. The maximum Gasteiger partial charge on any atom is 0.337 e. The molecule has 2 N–H and O–H groups in total. The number of pyridine rings is 1. The summed E-state index contributed by atoms with van der Waals surface area (Å²) in [4.78, 5) is 28.5. The van der Waals surface area contributed by atoms with Gasteiger partial charge in [-0.1, -0.05) is 6.92 Å². The third kappa shape index (κ3) is 5.03. The normalized spacial score (nSPS) is 17.3. The number of aromatic nitrogens is 1. The monoisotopic (exact) mass is 428 g/mol. The minimum atomic E-state index is -3.55. The van der Waals surface area contributed by atoms with Crippen molar-refractivity contribution < 1.29 is 22.7 Å². The molecule has 0 aromatic carbocycles. The molecule has 0 radical (unpaired) electrons. The van der Waals surface area contributed by atoms with E-state index in [1.165, 1.54) is 38.1 Å². The van der Waals surface area contributed by atoms with Gasteiger partial charge in [-0.25, -0.2) is 27.3 Å². The van der Waals surface area contributed by atoms with Crippen LogP contribution in [-0.2, 0) is 19.6 Å². The first-order chi connectivity index (χ1) is 13.2. The number of nitrogens with zero attached hydrogens (tertiary/aromatic N) is 2. The number of carbonyl (C=O) groups is 2. The van der Waals surface area contributed by atoms with E-state index in [1.807, 2.05) is 6.92 Å². The molecule has 1 aliphatic heterocycles. The van der Waals surface area contributed by atoms with Gasteiger partial charge in [0.15, 0.2) is 0 Å². The molecular weight excluding hydrogens is 404 g/mol. The van der Waals surface area contributed by atoms with E-state index in [0.29, 0.717) is 22.7 Å². The van der Waals surface area contributed by atoms with E-state index < -0.39 is 22.0 Å². The van der Waals surface area contributed by atoms with Crippen molar-refractivity contribution in [1.82, 2.24) is 19.9 Å². The molecule has 0 saturated carbocycles. The molecule has 1 aromatic heterocycles. The van der Waals surface area contributed by atoms with Crippen LogP contribution in [0.5, 0.6) is 0 Å². The number of amides is 2. The molecule has 0 saturated heterocycles. The Morgan fingerprint density at radius 1 is 1.32 bits per heavy atom. The Kier molecular flexibility index (Phi) is 7.44. The molecule has 2 heterocycles. The SMILES string of the molecule is CCOC(=O)C1=C(CSc2ccc(S(=O)(=O)N(C)C)cn2)NC(=O)N[C@@H]1CC. The minimum absolute atomic E-state index is 0.0921. The van der Waals surface area contributed by atoms with E-state index in [-0.39, 0.29) is 23.3 Å². The van der Waals surface area contributed by atoms with Crippen molar-refractivity contribution >= 4 is 33.8 Å². The highest BCUT2D eigenvalue weighted by Crippen LogP contribution is 2.24. The van der Waals surface area contributed by atoms with E-state index in [9.17, 15) is 18.0 Å². The zero-order chi connectivity index (χ0) is 20.9. The third-order valence-electron chi connectivity index (χ3n) is 4.00. The summed E-state index contributed by atoms with van der Waals surface area (Å²) in [6.45, 7) is 3.82. The van der Waals surface area contributed by atoms with E-state index >= 15 is 0 Å². The lowest BCUT2D eigenvalue weighted by Gasteiger charge is -2.28. The Labute approximate surface area is 169 Å². The van der Waals surface area contributed by atoms with Gasteiger partial charge in [0.05, 0.1) is 23.2 Å². The predicted octanol–water partition coefficient (Wildman–Crippen LogP) is 1.33. The van der Waals surface area contributed by atoms with Gasteiger partial charge in [0.25, 0.3) is 0 Å². The molecule has 0 spiro atoms. The smallest absolute Gasteiger partial charge is 0.337 e. The second kappa shape index (κ2) is 9.39. The van der Waals surface area contributed by atoms with Crippen molar-refractivity contribution in [2.75, 3.05) is 26.5 Å². The number of hydrogen-bond donors (Lipinski definition) is 2. The predicted molar refractivity (Wildman–Crippen MR) is 105 cm³/mol. The van der Waals surface area contributed by atoms with Crippen molar-refractivity contribution in [2.45, 2.75) is 36.2 Å². The molecule has 2 rings (SSSR count). The molecule has 0 aliphatic carbocycles. The third-order valence-corrected chi connectivity index (χ3v) is 6.77. The number of esters is 1. The summed E-state index contributed by atoms with van der Waals surface area (Å²) in [5.74, 6) is -0.192. The first-order valence-electron chi connectivity index (χ1n) is 8.69. The van der Waals surface area contributed by atoms with Crippen molar-refractivity contribution in [2.24, 2.45) is 0 Å². The first-order valence-corrected chi connectivity index (χ1v) is 11.1. The lowest BCUT2D eigenvalue weighted by Crippen LogP contribution is -2.50. The quantitative estimate of drug-likeness (QED) is 0.474. The van der Waals surface area contributed by atoms with Crippen molar-refractivity contribution in [3.8, 4) is 0 Å². The maximum atomic E-state index is 12.3. The number of ether oxygens (including phenoxy) is 1. The average molecular weight is 429 g/mol. The molecule has 1 aromatic rings. The van der Waals surface area contributed by atoms with Crippen molar-refractivity contribution in [3.05, 3.63) is 29.6 Å². The Balaban J connectivity index is 2.22. The van der Waals surface area contributed by atoms with Crippen LogP contribution in [0.1, 0.15) is 20.3 Å². The molecule has 2 amide bonds. The van der Waals surface area contributed by atoms with Gasteiger partial charge in [0.1, 0.15) is 4.90 Å². The van der Waals surface area contributed by atoms with Crippen LogP contribution in [-0.4, -0.2) is 62.2 Å². The largest absolute Gasteiger partial charge is 0.463 e. The molecule has 0 unspecified atom stereocenters. The number of urea groups is 1. The number of carbonyl (C=O) groups excluding carboxylic acids is 2. The first kappa shape index (κ1) is 22.2. The standard InChI is InChI=1S/C17H24N4O5S2/c1-5-12-15(16(22)26-6-2)13(20-17(23)19-12)10-27-14-8-7-11(9-18-14)28(24,25)21(3)4/h7-9,12H,5-6,10H2,1-4H3,(H2,19,20,23)/t12-/m1/s1. The minimum Gasteiger partial charge on any atom is -0.463 e. The Morgan fingerprint density at radius 2 is 2.04 bits per heavy atom. The van der Waals surface area contributed by atoms with Crippen molar-refractivity contribution in [1.29, 1.82) is 0 Å². The summed E-state index contributed by atoms with van der Waals surface area (Å²) in [5, 5.41) is 5.95. The highest BCUT2D eigenvalue weighted by molar-refractivity contribution is 7.99. The van der Waals surface area contributed by atoms with E-state index in [1.54, 1.807) is 13.0 Å². The van der Waals surface area contributed by atoms with Crippen LogP contribution in [0, 0.1) is 0 Å². The van der Waals surface area contributed by atoms with Crippen LogP contribution in [0.4, 0.5) is 4.79 Å². The van der Waals surface area contributed by atoms with Gasteiger partial charge >= 0.3 is 12.0 Å². The van der Waals surface area contributed by atoms with Crippen LogP contribution in [0.3, 0.4) is 0 Å². The highest BCUT2D eigenvalue weighted by atomic mass is 32.2. The van der Waals surface area contributed by atoms with E-state index in [0.717, 1.165) is 4.31 Å². The number of rotatable bonds is 8. The fourth-order valence-corrected chi connectivity index (χ4v) is 4.20. The molecule has 28 heavy (non-hydrogen) atoms.